The van der Waals surface area contributed by atoms with E-state index in [0.717, 1.165) is 19.0 Å². The second kappa shape index (κ2) is 7.81. The van der Waals surface area contributed by atoms with Crippen molar-refractivity contribution in [2.24, 2.45) is 5.84 Å². The minimum atomic E-state index is -0.575. The monoisotopic (exact) mass is 256 g/mol. The zero-order chi connectivity index (χ0) is 13.4. The van der Waals surface area contributed by atoms with Gasteiger partial charge in [0.05, 0.1) is 12.3 Å². The van der Waals surface area contributed by atoms with Gasteiger partial charge < -0.3 is 4.74 Å². The normalized spacial score (nSPS) is 12.2. The summed E-state index contributed by atoms with van der Waals surface area (Å²) < 4.78 is 18.8. The summed E-state index contributed by atoms with van der Waals surface area (Å²) >= 11 is 0. The first-order chi connectivity index (χ1) is 8.67. The van der Waals surface area contributed by atoms with Crippen molar-refractivity contribution >= 4 is 5.95 Å². The lowest BCUT2D eigenvalue weighted by molar-refractivity contribution is 0.188. The van der Waals surface area contributed by atoms with Gasteiger partial charge in [-0.2, -0.15) is 9.37 Å². The van der Waals surface area contributed by atoms with Crippen LogP contribution >= 0.6 is 0 Å². The molecule has 0 saturated carbocycles. The number of aromatic nitrogens is 2. The Morgan fingerprint density at radius 1 is 1.44 bits per heavy atom. The number of hydrogen-bond donors (Lipinski definition) is 2. The maximum Gasteiger partial charge on any atom is 0.255 e. The largest absolute Gasteiger partial charge is 0.472 e. The molecule has 1 unspecified atom stereocenters. The van der Waals surface area contributed by atoms with Gasteiger partial charge >= 0.3 is 0 Å². The zero-order valence-corrected chi connectivity index (χ0v) is 10.9. The number of hydrazine groups is 1. The van der Waals surface area contributed by atoms with Crippen molar-refractivity contribution in [3.63, 3.8) is 0 Å². The third-order valence-electron chi connectivity index (χ3n) is 2.62. The predicted molar refractivity (Wildman–Crippen MR) is 68.6 cm³/mol. The van der Waals surface area contributed by atoms with Crippen LogP contribution in [-0.4, -0.2) is 16.1 Å². The molecule has 0 fully saturated rings. The van der Waals surface area contributed by atoms with E-state index in [2.05, 4.69) is 22.3 Å². The standard InChI is InChI=1S/C12H21FN4O/c1-3-4-5-6-7-9(2)18-11-10(13)8-15-12(16-11)17-14/h8-9H,3-7,14H2,1-2H3,(H,15,16,17). The van der Waals surface area contributed by atoms with E-state index in [1.54, 1.807) is 0 Å². The molecule has 0 aliphatic heterocycles. The average Bonchev–Trinajstić information content (AvgIpc) is 2.37. The van der Waals surface area contributed by atoms with Gasteiger partial charge in [0.1, 0.15) is 0 Å². The van der Waals surface area contributed by atoms with E-state index in [9.17, 15) is 4.39 Å². The molecule has 0 radical (unpaired) electrons. The smallest absolute Gasteiger partial charge is 0.255 e. The van der Waals surface area contributed by atoms with E-state index in [0.29, 0.717) is 0 Å². The predicted octanol–water partition coefficient (Wildman–Crippen LogP) is 2.64. The van der Waals surface area contributed by atoms with Crippen molar-refractivity contribution in [3.05, 3.63) is 12.0 Å². The van der Waals surface area contributed by atoms with Crippen LogP contribution in [0.5, 0.6) is 5.88 Å². The van der Waals surface area contributed by atoms with Gasteiger partial charge in [0.25, 0.3) is 5.88 Å². The topological polar surface area (TPSA) is 73.1 Å². The van der Waals surface area contributed by atoms with Gasteiger partial charge in [-0.1, -0.05) is 26.2 Å². The lowest BCUT2D eigenvalue weighted by Crippen LogP contribution is -2.16. The Balaban J connectivity index is 2.45. The number of rotatable bonds is 8. The lowest BCUT2D eigenvalue weighted by atomic mass is 10.1. The molecule has 0 spiro atoms. The van der Waals surface area contributed by atoms with Gasteiger partial charge in [0, 0.05) is 0 Å². The lowest BCUT2D eigenvalue weighted by Gasteiger charge is -2.14. The van der Waals surface area contributed by atoms with E-state index in [1.165, 1.54) is 19.3 Å². The molecule has 1 rings (SSSR count). The van der Waals surface area contributed by atoms with Crippen molar-refractivity contribution in [2.45, 2.75) is 52.1 Å². The van der Waals surface area contributed by atoms with Crippen LogP contribution in [0.3, 0.4) is 0 Å². The number of nitrogens with zero attached hydrogens (tertiary/aromatic N) is 2. The molecule has 1 atom stereocenters. The molecule has 1 heterocycles. The Morgan fingerprint density at radius 3 is 2.89 bits per heavy atom. The number of nitrogen functional groups attached to an aromatic ring is 1. The summed E-state index contributed by atoms with van der Waals surface area (Å²) in [7, 11) is 0. The van der Waals surface area contributed by atoms with Crippen molar-refractivity contribution in [1.29, 1.82) is 0 Å². The Labute approximate surface area is 107 Å². The Hall–Kier alpha value is -1.43. The van der Waals surface area contributed by atoms with Gasteiger partial charge in [0.2, 0.25) is 11.8 Å². The first-order valence-corrected chi connectivity index (χ1v) is 6.33. The number of ether oxygens (including phenoxy) is 1. The second-order valence-electron chi connectivity index (χ2n) is 4.27. The van der Waals surface area contributed by atoms with Crippen LogP contribution in [0.1, 0.15) is 46.0 Å². The van der Waals surface area contributed by atoms with Crippen molar-refractivity contribution in [2.75, 3.05) is 5.43 Å². The molecule has 102 valence electrons. The highest BCUT2D eigenvalue weighted by Gasteiger charge is 2.11. The molecule has 5 nitrogen and oxygen atoms in total. The van der Waals surface area contributed by atoms with E-state index in [-0.39, 0.29) is 17.9 Å². The minimum Gasteiger partial charge on any atom is -0.472 e. The number of hydrogen-bond acceptors (Lipinski definition) is 5. The van der Waals surface area contributed by atoms with Crippen molar-refractivity contribution in [1.82, 2.24) is 9.97 Å². The van der Waals surface area contributed by atoms with Gasteiger partial charge in [-0.25, -0.2) is 10.8 Å². The van der Waals surface area contributed by atoms with Crippen LogP contribution in [-0.2, 0) is 0 Å². The number of anilines is 1. The first kappa shape index (κ1) is 14.6. The third-order valence-corrected chi connectivity index (χ3v) is 2.62. The van der Waals surface area contributed by atoms with Crippen LogP contribution in [0.4, 0.5) is 10.3 Å². The summed E-state index contributed by atoms with van der Waals surface area (Å²) in [6.07, 6.45) is 6.51. The summed E-state index contributed by atoms with van der Waals surface area (Å²) in [6, 6.07) is 0. The Kier molecular flexibility index (Phi) is 6.35. The maximum absolute atomic E-state index is 13.4. The third kappa shape index (κ3) is 4.83. The molecule has 3 N–H and O–H groups in total. The van der Waals surface area contributed by atoms with E-state index < -0.39 is 5.82 Å². The molecule has 0 aromatic carbocycles. The first-order valence-electron chi connectivity index (χ1n) is 6.33. The average molecular weight is 256 g/mol. The highest BCUT2D eigenvalue weighted by Crippen LogP contribution is 2.17. The minimum absolute atomic E-state index is 0.0547. The van der Waals surface area contributed by atoms with Crippen LogP contribution in [0.15, 0.2) is 6.20 Å². The van der Waals surface area contributed by atoms with Crippen LogP contribution in [0.2, 0.25) is 0 Å². The molecule has 1 aromatic rings. The molecule has 1 aromatic heterocycles. The highest BCUT2D eigenvalue weighted by molar-refractivity contribution is 5.26. The summed E-state index contributed by atoms with van der Waals surface area (Å²) in [4.78, 5) is 7.48. The second-order valence-corrected chi connectivity index (χ2v) is 4.27. The number of unbranched alkanes of at least 4 members (excludes halogenated alkanes) is 3. The van der Waals surface area contributed by atoms with Crippen molar-refractivity contribution < 1.29 is 9.13 Å². The van der Waals surface area contributed by atoms with Crippen LogP contribution in [0.25, 0.3) is 0 Å². The number of nitrogens with two attached hydrogens (primary N) is 1. The molecule has 0 saturated heterocycles. The molecule has 6 heteroatoms. The highest BCUT2D eigenvalue weighted by atomic mass is 19.1. The fraction of sp³-hybridized carbons (Fsp3) is 0.667. The molecule has 0 bridgehead atoms. The van der Waals surface area contributed by atoms with Crippen molar-refractivity contribution in [3.8, 4) is 5.88 Å². The molecular formula is C12H21FN4O. The summed E-state index contributed by atoms with van der Waals surface area (Å²) in [5.41, 5.74) is 2.26. The fourth-order valence-corrected chi connectivity index (χ4v) is 1.61. The van der Waals surface area contributed by atoms with Crippen LogP contribution < -0.4 is 16.0 Å². The Bertz CT molecular complexity index is 362. The summed E-state index contributed by atoms with van der Waals surface area (Å²) in [6.45, 7) is 4.07. The van der Waals surface area contributed by atoms with E-state index in [4.69, 9.17) is 10.6 Å². The summed E-state index contributed by atoms with van der Waals surface area (Å²) in [5, 5.41) is 0. The molecule has 0 amide bonds. The fourth-order valence-electron chi connectivity index (χ4n) is 1.61. The quantitative estimate of drug-likeness (QED) is 0.425. The van der Waals surface area contributed by atoms with Gasteiger partial charge in [-0.05, 0) is 19.8 Å². The van der Waals surface area contributed by atoms with Gasteiger partial charge in [-0.3, -0.25) is 5.43 Å². The number of halogens is 1. The Morgan fingerprint density at radius 2 is 2.22 bits per heavy atom. The zero-order valence-electron chi connectivity index (χ0n) is 10.9. The van der Waals surface area contributed by atoms with Crippen LogP contribution in [0, 0.1) is 5.82 Å². The van der Waals surface area contributed by atoms with Gasteiger partial charge in [0.15, 0.2) is 0 Å². The van der Waals surface area contributed by atoms with E-state index in [1.807, 2.05) is 6.92 Å². The molecule has 18 heavy (non-hydrogen) atoms. The van der Waals surface area contributed by atoms with E-state index >= 15 is 0 Å². The SMILES string of the molecule is CCCCCCC(C)Oc1nc(NN)ncc1F. The maximum atomic E-state index is 13.4. The summed E-state index contributed by atoms with van der Waals surface area (Å²) in [5.74, 6) is 4.67. The number of nitrogens with one attached hydrogen (secondary N) is 1. The molecular weight excluding hydrogens is 235 g/mol. The molecule has 0 aliphatic rings. The van der Waals surface area contributed by atoms with Gasteiger partial charge in [-0.15, -0.1) is 0 Å². The molecule has 0 aliphatic carbocycles.